The van der Waals surface area contributed by atoms with Crippen LogP contribution >= 0.6 is 0 Å². The lowest BCUT2D eigenvalue weighted by molar-refractivity contribution is 0.0774. The third-order valence-corrected chi connectivity index (χ3v) is 8.91. The Balaban J connectivity index is 1.03. The van der Waals surface area contributed by atoms with E-state index < -0.39 is 0 Å². The third kappa shape index (κ3) is 6.76. The Morgan fingerprint density at radius 1 is 0.958 bits per heavy atom. The molecule has 0 N–H and O–H groups in total. The van der Waals surface area contributed by atoms with Crippen LogP contribution in [0, 0.1) is 6.92 Å². The first-order chi connectivity index (χ1) is 23.4. The van der Waals surface area contributed by atoms with E-state index in [9.17, 15) is 9.59 Å². The van der Waals surface area contributed by atoms with Crippen molar-refractivity contribution >= 4 is 40.6 Å². The molecule has 248 valence electrons. The molecule has 3 aromatic carbocycles. The summed E-state index contributed by atoms with van der Waals surface area (Å²) in [5, 5.41) is 1.01. The van der Waals surface area contributed by atoms with E-state index in [1.165, 1.54) is 0 Å². The van der Waals surface area contributed by atoms with Crippen LogP contribution in [0.3, 0.4) is 0 Å². The maximum absolute atomic E-state index is 13.3. The molecule has 3 heterocycles. The molecule has 1 saturated heterocycles. The second-order valence-corrected chi connectivity index (χ2v) is 11.9. The molecule has 6 rings (SSSR count). The zero-order valence-electron chi connectivity index (χ0n) is 28.0. The van der Waals surface area contributed by atoms with Crippen molar-refractivity contribution in [2.24, 2.45) is 4.99 Å². The summed E-state index contributed by atoms with van der Waals surface area (Å²) in [6.45, 7) is 5.62. The Bertz CT molecular complexity index is 1900. The molecule has 0 saturated carbocycles. The first-order valence-electron chi connectivity index (χ1n) is 16.5. The number of rotatable bonds is 13. The molecular weight excluding hydrogens is 606 g/mol. The van der Waals surface area contributed by atoms with Gasteiger partial charge in [-0.05, 0) is 80.5 Å². The van der Waals surface area contributed by atoms with Crippen molar-refractivity contribution in [3.05, 3.63) is 88.6 Å². The number of nitrogens with zero attached hydrogens (tertiary/aromatic N) is 3. The predicted molar refractivity (Wildman–Crippen MR) is 188 cm³/mol. The van der Waals surface area contributed by atoms with Gasteiger partial charge in [-0.25, -0.2) is 0 Å². The van der Waals surface area contributed by atoms with Crippen LogP contribution in [0.1, 0.15) is 70.1 Å². The van der Waals surface area contributed by atoms with Crippen molar-refractivity contribution < 1.29 is 28.5 Å². The van der Waals surface area contributed by atoms with Gasteiger partial charge in [0.05, 0.1) is 50.2 Å². The molecule has 2 aliphatic rings. The van der Waals surface area contributed by atoms with Crippen molar-refractivity contribution in [1.29, 1.82) is 0 Å². The lowest BCUT2D eigenvalue weighted by Gasteiger charge is -2.20. The van der Waals surface area contributed by atoms with Gasteiger partial charge in [0, 0.05) is 35.5 Å². The molecule has 9 nitrogen and oxygen atoms in total. The van der Waals surface area contributed by atoms with Crippen LogP contribution in [0.2, 0.25) is 0 Å². The van der Waals surface area contributed by atoms with E-state index in [-0.39, 0.29) is 17.7 Å². The van der Waals surface area contributed by atoms with E-state index in [1.54, 1.807) is 38.5 Å². The summed E-state index contributed by atoms with van der Waals surface area (Å²) < 4.78 is 23.2. The number of aromatic nitrogens is 1. The number of pyridine rings is 1. The van der Waals surface area contributed by atoms with E-state index in [0.717, 1.165) is 66.4 Å². The third-order valence-electron chi connectivity index (χ3n) is 8.91. The van der Waals surface area contributed by atoms with Gasteiger partial charge in [-0.1, -0.05) is 37.3 Å². The largest absolute Gasteiger partial charge is 0.493 e. The fourth-order valence-electron chi connectivity index (χ4n) is 6.46. The summed E-state index contributed by atoms with van der Waals surface area (Å²) in [6, 6.07) is 17.1. The van der Waals surface area contributed by atoms with Gasteiger partial charge in [0.25, 0.3) is 5.91 Å². The molecule has 0 radical (unpaired) electrons. The van der Waals surface area contributed by atoms with Crippen LogP contribution in [-0.4, -0.2) is 67.8 Å². The van der Waals surface area contributed by atoms with Crippen molar-refractivity contribution in [2.45, 2.75) is 52.0 Å². The molecule has 1 atom stereocenters. The van der Waals surface area contributed by atoms with Gasteiger partial charge in [-0.3, -0.25) is 19.6 Å². The number of ether oxygens (including phenoxy) is 4. The zero-order valence-corrected chi connectivity index (χ0v) is 28.0. The highest BCUT2D eigenvalue weighted by atomic mass is 16.5. The summed E-state index contributed by atoms with van der Waals surface area (Å²) in [5.41, 5.74) is 5.28. The van der Waals surface area contributed by atoms with Crippen LogP contribution in [0.25, 0.3) is 17.0 Å². The van der Waals surface area contributed by atoms with Crippen molar-refractivity contribution in [1.82, 2.24) is 9.88 Å². The first kappa shape index (κ1) is 32.7. The lowest BCUT2D eigenvalue weighted by atomic mass is 9.95. The van der Waals surface area contributed by atoms with Gasteiger partial charge in [0.2, 0.25) is 0 Å². The minimum absolute atomic E-state index is 0.0146. The molecule has 48 heavy (non-hydrogen) atoms. The monoisotopic (exact) mass is 647 g/mol. The van der Waals surface area contributed by atoms with Gasteiger partial charge < -0.3 is 23.8 Å². The van der Waals surface area contributed by atoms with Crippen LogP contribution in [0.4, 0.5) is 5.69 Å². The highest BCUT2D eigenvalue weighted by molar-refractivity contribution is 6.10. The number of ketones is 1. The number of benzene rings is 3. The Kier molecular flexibility index (Phi) is 10.0. The van der Waals surface area contributed by atoms with Gasteiger partial charge in [0.15, 0.2) is 28.8 Å². The SMILES string of the molecule is CCc1c(C(=O)/C=C/c2ccc(OCCCCOc3cc4c(cc3OC)C(=O)N3CCC[C@H]3C=N4)c(OC)c2)c(C)nc2ccccc12. The molecule has 9 heteroatoms. The smallest absolute Gasteiger partial charge is 0.256 e. The normalized spacial score (nSPS) is 15.4. The standard InChI is InChI=1S/C39H41N3O6/c1-5-28-29-12-6-7-13-31(29)41-25(2)38(28)33(43)16-14-26-15-17-34(35(21-26)45-3)47-19-8-9-20-48-37-23-32-30(22-36(37)46-4)39(44)42-18-10-11-27(42)24-40-32/h6-7,12-17,21-24,27H,5,8-11,18-20H2,1-4H3/b16-14+/t27-/m0/s1. The number of para-hydroxylation sites is 1. The summed E-state index contributed by atoms with van der Waals surface area (Å²) in [6.07, 6.45) is 9.41. The van der Waals surface area contributed by atoms with Crippen LogP contribution in [-0.2, 0) is 6.42 Å². The van der Waals surface area contributed by atoms with E-state index in [4.69, 9.17) is 18.9 Å². The Labute approximate surface area is 281 Å². The second kappa shape index (κ2) is 14.7. The Hall–Kier alpha value is -5.18. The molecule has 0 bridgehead atoms. The van der Waals surface area contributed by atoms with Crippen molar-refractivity contribution in [3.8, 4) is 23.0 Å². The number of carbonyl (C=O) groups excluding carboxylic acids is 2. The summed E-state index contributed by atoms with van der Waals surface area (Å²) in [7, 11) is 3.17. The fraction of sp³-hybridized carbons (Fsp3) is 0.333. The van der Waals surface area contributed by atoms with Gasteiger partial charge in [-0.2, -0.15) is 0 Å². The number of hydrogen-bond donors (Lipinski definition) is 0. The summed E-state index contributed by atoms with van der Waals surface area (Å²) >= 11 is 0. The first-order valence-corrected chi connectivity index (χ1v) is 16.5. The average molecular weight is 648 g/mol. The van der Waals surface area contributed by atoms with Crippen LogP contribution in [0.5, 0.6) is 23.0 Å². The van der Waals surface area contributed by atoms with Crippen molar-refractivity contribution in [3.63, 3.8) is 0 Å². The van der Waals surface area contributed by atoms with Gasteiger partial charge in [0.1, 0.15) is 0 Å². The van der Waals surface area contributed by atoms with Crippen molar-refractivity contribution in [2.75, 3.05) is 34.0 Å². The molecule has 0 spiro atoms. The quantitative estimate of drug-likeness (QED) is 0.0838. The Morgan fingerprint density at radius 2 is 1.71 bits per heavy atom. The molecule has 0 unspecified atom stereocenters. The van der Waals surface area contributed by atoms with E-state index in [0.29, 0.717) is 53.0 Å². The number of hydrogen-bond acceptors (Lipinski definition) is 8. The molecule has 1 fully saturated rings. The van der Waals surface area contributed by atoms with E-state index in [2.05, 4.69) is 16.9 Å². The Morgan fingerprint density at radius 3 is 2.48 bits per heavy atom. The minimum atomic E-state index is -0.0749. The second-order valence-electron chi connectivity index (χ2n) is 11.9. The maximum atomic E-state index is 13.3. The number of aliphatic imine (C=N–C) groups is 1. The number of carbonyl (C=O) groups is 2. The lowest BCUT2D eigenvalue weighted by Crippen LogP contribution is -2.35. The van der Waals surface area contributed by atoms with Crippen LogP contribution < -0.4 is 18.9 Å². The van der Waals surface area contributed by atoms with E-state index in [1.807, 2.05) is 60.5 Å². The minimum Gasteiger partial charge on any atom is -0.493 e. The molecular formula is C39H41N3O6. The number of fused-ring (bicyclic) bond motifs is 3. The maximum Gasteiger partial charge on any atom is 0.256 e. The molecule has 4 aromatic rings. The molecule has 2 aliphatic heterocycles. The number of aryl methyl sites for hydroxylation is 2. The average Bonchev–Trinajstić information content (AvgIpc) is 3.54. The molecule has 1 amide bonds. The van der Waals surface area contributed by atoms with Gasteiger partial charge >= 0.3 is 0 Å². The van der Waals surface area contributed by atoms with Gasteiger partial charge in [-0.15, -0.1) is 0 Å². The number of amides is 1. The number of unbranched alkanes of at least 4 members (excludes halogenated alkanes) is 1. The summed E-state index contributed by atoms with van der Waals surface area (Å²) in [4.78, 5) is 37.6. The van der Waals surface area contributed by atoms with Crippen LogP contribution in [0.15, 0.2) is 65.7 Å². The highest BCUT2D eigenvalue weighted by Crippen LogP contribution is 2.38. The fourth-order valence-corrected chi connectivity index (χ4v) is 6.46. The number of allylic oxidation sites excluding steroid dienone is 1. The predicted octanol–water partition coefficient (Wildman–Crippen LogP) is 7.58. The van der Waals surface area contributed by atoms with E-state index >= 15 is 0 Å². The topological polar surface area (TPSA) is 99.6 Å². The summed E-state index contributed by atoms with van der Waals surface area (Å²) in [5.74, 6) is 2.20. The molecule has 0 aliphatic carbocycles. The molecule has 1 aromatic heterocycles. The highest BCUT2D eigenvalue weighted by Gasteiger charge is 2.32. The zero-order chi connectivity index (χ0) is 33.6. The number of methoxy groups -OCH3 is 2.